The van der Waals surface area contributed by atoms with Crippen molar-refractivity contribution in [2.24, 2.45) is 0 Å². The highest BCUT2D eigenvalue weighted by molar-refractivity contribution is 7.13. The molecule has 0 unspecified atom stereocenters. The normalized spacial score (nSPS) is 10.4. The second kappa shape index (κ2) is 7.99. The van der Waals surface area contributed by atoms with Gasteiger partial charge in [0.2, 0.25) is 0 Å². The highest BCUT2D eigenvalue weighted by Crippen LogP contribution is 2.34. The fourth-order valence-corrected chi connectivity index (χ4v) is 3.50. The van der Waals surface area contributed by atoms with E-state index in [0.29, 0.717) is 23.7 Å². The van der Waals surface area contributed by atoms with E-state index in [4.69, 9.17) is 14.7 Å². The van der Waals surface area contributed by atoms with E-state index >= 15 is 0 Å². The van der Waals surface area contributed by atoms with Crippen LogP contribution in [0.1, 0.15) is 11.1 Å². The Hall–Kier alpha value is -3.56. The van der Waals surface area contributed by atoms with Crippen LogP contribution in [0.25, 0.3) is 22.0 Å². The van der Waals surface area contributed by atoms with Gasteiger partial charge in [0.05, 0.1) is 35.5 Å². The zero-order valence-electron chi connectivity index (χ0n) is 15.2. The van der Waals surface area contributed by atoms with Crippen molar-refractivity contribution in [3.8, 4) is 39.5 Å². The van der Waals surface area contributed by atoms with Gasteiger partial charge >= 0.3 is 0 Å². The highest BCUT2D eigenvalue weighted by atomic mass is 32.1. The number of hydrogen-bond acceptors (Lipinski definition) is 5. The molecule has 138 valence electrons. The van der Waals surface area contributed by atoms with Gasteiger partial charge in [0.25, 0.3) is 0 Å². The zero-order valence-corrected chi connectivity index (χ0v) is 16.0. The van der Waals surface area contributed by atoms with Crippen molar-refractivity contribution in [3.05, 3.63) is 77.3 Å². The Kier molecular flexibility index (Phi) is 5.09. The van der Waals surface area contributed by atoms with Crippen molar-refractivity contribution in [1.29, 1.82) is 5.26 Å². The molecule has 4 rings (SSSR count). The molecule has 5 nitrogen and oxygen atoms in total. The molecule has 0 bridgehead atoms. The van der Waals surface area contributed by atoms with Gasteiger partial charge in [-0.1, -0.05) is 18.2 Å². The van der Waals surface area contributed by atoms with Crippen molar-refractivity contribution in [2.45, 2.75) is 6.61 Å². The number of ether oxygens (including phenoxy) is 2. The Balaban J connectivity index is 1.52. The van der Waals surface area contributed by atoms with Crippen LogP contribution in [0.15, 0.2) is 66.2 Å². The number of benzene rings is 2. The van der Waals surface area contributed by atoms with Crippen molar-refractivity contribution < 1.29 is 9.47 Å². The van der Waals surface area contributed by atoms with E-state index in [1.807, 2.05) is 54.0 Å². The standard InChI is InChI=1S/C22H17N3O2S/c1-26-20-11-17(27-14-16-6-4-15(12-23)5-7-16)8-9-18(20)19-13-24-22(25-19)21-3-2-10-28-21/h2-11,13H,14H2,1H3,(H,24,25). The molecule has 1 N–H and O–H groups in total. The summed E-state index contributed by atoms with van der Waals surface area (Å²) in [7, 11) is 1.64. The summed E-state index contributed by atoms with van der Waals surface area (Å²) in [4.78, 5) is 8.91. The van der Waals surface area contributed by atoms with Gasteiger partial charge in [-0.3, -0.25) is 0 Å². The third-order valence-corrected chi connectivity index (χ3v) is 5.16. The van der Waals surface area contributed by atoms with Crippen LogP contribution >= 0.6 is 11.3 Å². The van der Waals surface area contributed by atoms with Crippen LogP contribution in [-0.4, -0.2) is 17.1 Å². The molecule has 0 fully saturated rings. The first-order valence-corrected chi connectivity index (χ1v) is 9.54. The summed E-state index contributed by atoms with van der Waals surface area (Å²) in [5.41, 5.74) is 3.44. The summed E-state index contributed by atoms with van der Waals surface area (Å²) in [6.45, 7) is 0.417. The Morgan fingerprint density at radius 1 is 1.14 bits per heavy atom. The predicted octanol–water partition coefficient (Wildman–Crippen LogP) is 5.26. The van der Waals surface area contributed by atoms with Gasteiger partial charge in [0, 0.05) is 11.6 Å². The number of aromatic nitrogens is 2. The topological polar surface area (TPSA) is 70.9 Å². The summed E-state index contributed by atoms with van der Waals surface area (Å²) in [6.07, 6.45) is 1.81. The number of nitriles is 1. The Morgan fingerprint density at radius 2 is 2.00 bits per heavy atom. The average molecular weight is 387 g/mol. The summed E-state index contributed by atoms with van der Waals surface area (Å²) < 4.78 is 11.4. The Bertz CT molecular complexity index is 1110. The first-order chi connectivity index (χ1) is 13.8. The van der Waals surface area contributed by atoms with Crippen molar-refractivity contribution in [1.82, 2.24) is 9.97 Å². The van der Waals surface area contributed by atoms with Crippen LogP contribution in [0.4, 0.5) is 0 Å². The second-order valence-corrected chi connectivity index (χ2v) is 7.03. The molecule has 0 aliphatic carbocycles. The van der Waals surface area contributed by atoms with Crippen molar-refractivity contribution >= 4 is 11.3 Å². The third-order valence-electron chi connectivity index (χ3n) is 4.28. The number of aromatic amines is 1. The maximum Gasteiger partial charge on any atom is 0.147 e. The monoisotopic (exact) mass is 387 g/mol. The van der Waals surface area contributed by atoms with Gasteiger partial charge in [-0.05, 0) is 41.3 Å². The van der Waals surface area contributed by atoms with E-state index in [0.717, 1.165) is 27.5 Å². The molecule has 28 heavy (non-hydrogen) atoms. The molecule has 2 aromatic carbocycles. The number of thiophene rings is 1. The fourth-order valence-electron chi connectivity index (χ4n) is 2.82. The lowest BCUT2D eigenvalue weighted by molar-refractivity contribution is 0.304. The molecule has 0 atom stereocenters. The predicted molar refractivity (Wildman–Crippen MR) is 109 cm³/mol. The maximum absolute atomic E-state index is 8.87. The number of H-pyrrole nitrogens is 1. The smallest absolute Gasteiger partial charge is 0.147 e. The molecule has 0 aliphatic heterocycles. The Morgan fingerprint density at radius 3 is 2.71 bits per heavy atom. The van der Waals surface area contributed by atoms with Crippen LogP contribution in [0, 0.1) is 11.3 Å². The van der Waals surface area contributed by atoms with Crippen LogP contribution in [0.2, 0.25) is 0 Å². The van der Waals surface area contributed by atoms with E-state index in [-0.39, 0.29) is 0 Å². The van der Waals surface area contributed by atoms with Crippen LogP contribution in [0.3, 0.4) is 0 Å². The van der Waals surface area contributed by atoms with Crippen molar-refractivity contribution in [3.63, 3.8) is 0 Å². The lowest BCUT2D eigenvalue weighted by atomic mass is 10.1. The third kappa shape index (κ3) is 3.75. The highest BCUT2D eigenvalue weighted by Gasteiger charge is 2.12. The minimum absolute atomic E-state index is 0.417. The van der Waals surface area contributed by atoms with Gasteiger partial charge in [-0.15, -0.1) is 11.3 Å². The van der Waals surface area contributed by atoms with E-state index in [2.05, 4.69) is 16.0 Å². The number of nitrogens with zero attached hydrogens (tertiary/aromatic N) is 2. The van der Waals surface area contributed by atoms with Gasteiger partial charge in [-0.2, -0.15) is 5.26 Å². The summed E-state index contributed by atoms with van der Waals surface area (Å²) in [5.74, 6) is 2.26. The molecule has 0 amide bonds. The molecule has 4 aromatic rings. The molecule has 0 saturated heterocycles. The first kappa shape index (κ1) is 17.8. The van der Waals surface area contributed by atoms with Gasteiger partial charge in [0.1, 0.15) is 23.9 Å². The van der Waals surface area contributed by atoms with Crippen LogP contribution in [-0.2, 0) is 6.61 Å². The molecule has 0 spiro atoms. The number of nitrogens with one attached hydrogen (secondary N) is 1. The van der Waals surface area contributed by atoms with E-state index < -0.39 is 0 Å². The Labute approximate surface area is 166 Å². The lowest BCUT2D eigenvalue weighted by Crippen LogP contribution is -1.97. The minimum atomic E-state index is 0.417. The molecular weight excluding hydrogens is 370 g/mol. The molecule has 0 saturated carbocycles. The molecule has 0 aliphatic rings. The number of methoxy groups -OCH3 is 1. The average Bonchev–Trinajstić information content (AvgIpc) is 3.44. The second-order valence-electron chi connectivity index (χ2n) is 6.08. The molecule has 6 heteroatoms. The zero-order chi connectivity index (χ0) is 19.3. The summed E-state index contributed by atoms with van der Waals surface area (Å²) in [6, 6.07) is 19.2. The number of imidazole rings is 1. The fraction of sp³-hybridized carbons (Fsp3) is 0.0909. The quantitative estimate of drug-likeness (QED) is 0.490. The van der Waals surface area contributed by atoms with E-state index in [1.54, 1.807) is 30.6 Å². The maximum atomic E-state index is 8.87. The largest absolute Gasteiger partial charge is 0.496 e. The van der Waals surface area contributed by atoms with Gasteiger partial charge in [-0.25, -0.2) is 4.98 Å². The van der Waals surface area contributed by atoms with E-state index in [9.17, 15) is 0 Å². The minimum Gasteiger partial charge on any atom is -0.496 e. The molecule has 0 radical (unpaired) electrons. The first-order valence-electron chi connectivity index (χ1n) is 8.66. The SMILES string of the molecule is COc1cc(OCc2ccc(C#N)cc2)ccc1-c1cnc(-c2cccs2)[nH]1. The molecule has 2 heterocycles. The molecular formula is C22H17N3O2S. The lowest BCUT2D eigenvalue weighted by Gasteiger charge is -2.11. The number of hydrogen-bond donors (Lipinski definition) is 1. The van der Waals surface area contributed by atoms with Gasteiger partial charge in [0.15, 0.2) is 0 Å². The van der Waals surface area contributed by atoms with Crippen molar-refractivity contribution in [2.75, 3.05) is 7.11 Å². The van der Waals surface area contributed by atoms with Crippen LogP contribution in [0.5, 0.6) is 11.5 Å². The van der Waals surface area contributed by atoms with Crippen LogP contribution < -0.4 is 9.47 Å². The van der Waals surface area contributed by atoms with E-state index in [1.165, 1.54) is 0 Å². The summed E-state index contributed by atoms with van der Waals surface area (Å²) in [5, 5.41) is 10.9. The number of rotatable bonds is 6. The summed E-state index contributed by atoms with van der Waals surface area (Å²) >= 11 is 1.64. The molecule has 2 aromatic heterocycles. The van der Waals surface area contributed by atoms with Gasteiger partial charge < -0.3 is 14.5 Å².